The number of hydrogen-bond acceptors (Lipinski definition) is 1. The van der Waals surface area contributed by atoms with Gasteiger partial charge in [0.15, 0.2) is 6.29 Å². The Hall–Kier alpha value is -1.18. The van der Waals surface area contributed by atoms with E-state index in [0.29, 0.717) is 12.2 Å². The van der Waals surface area contributed by atoms with E-state index in [1.807, 2.05) is 0 Å². The SMILES string of the molecule is O=Cc1cccc(C2CCC2)c1F. The van der Waals surface area contributed by atoms with E-state index in [2.05, 4.69) is 0 Å². The van der Waals surface area contributed by atoms with Crippen LogP contribution in [0.3, 0.4) is 0 Å². The molecular formula is C11H11FO. The van der Waals surface area contributed by atoms with Crippen molar-refractivity contribution in [2.24, 2.45) is 0 Å². The molecular weight excluding hydrogens is 167 g/mol. The maximum Gasteiger partial charge on any atom is 0.153 e. The highest BCUT2D eigenvalue weighted by Crippen LogP contribution is 2.37. The summed E-state index contributed by atoms with van der Waals surface area (Å²) in [5, 5.41) is 0. The second-order valence-electron chi connectivity index (χ2n) is 3.50. The molecule has 1 fully saturated rings. The molecule has 0 atom stereocenters. The van der Waals surface area contributed by atoms with E-state index in [9.17, 15) is 9.18 Å². The Labute approximate surface area is 76.6 Å². The molecule has 13 heavy (non-hydrogen) atoms. The first-order chi connectivity index (χ1) is 6.33. The van der Waals surface area contributed by atoms with Gasteiger partial charge >= 0.3 is 0 Å². The Morgan fingerprint density at radius 2 is 2.15 bits per heavy atom. The lowest BCUT2D eigenvalue weighted by Gasteiger charge is -2.26. The van der Waals surface area contributed by atoms with Crippen molar-refractivity contribution in [3.8, 4) is 0 Å². The Bertz CT molecular complexity index is 329. The van der Waals surface area contributed by atoms with Crippen LogP contribution in [0.15, 0.2) is 18.2 Å². The average Bonchev–Trinajstić information content (AvgIpc) is 2.05. The zero-order chi connectivity index (χ0) is 9.26. The van der Waals surface area contributed by atoms with Gasteiger partial charge in [0.05, 0.1) is 5.56 Å². The molecule has 0 radical (unpaired) electrons. The quantitative estimate of drug-likeness (QED) is 0.636. The largest absolute Gasteiger partial charge is 0.298 e. The van der Waals surface area contributed by atoms with Crippen molar-refractivity contribution in [1.29, 1.82) is 0 Å². The summed E-state index contributed by atoms with van der Waals surface area (Å²) in [6.45, 7) is 0. The van der Waals surface area contributed by atoms with Gasteiger partial charge in [-0.2, -0.15) is 0 Å². The third-order valence-corrected chi connectivity index (χ3v) is 2.73. The molecule has 2 heteroatoms. The summed E-state index contributed by atoms with van der Waals surface area (Å²) in [6.07, 6.45) is 3.87. The topological polar surface area (TPSA) is 17.1 Å². The number of aldehydes is 1. The highest BCUT2D eigenvalue weighted by atomic mass is 19.1. The normalized spacial score (nSPS) is 16.7. The first-order valence-electron chi connectivity index (χ1n) is 4.56. The molecule has 68 valence electrons. The Morgan fingerprint density at radius 1 is 1.38 bits per heavy atom. The highest BCUT2D eigenvalue weighted by Gasteiger charge is 2.23. The van der Waals surface area contributed by atoms with E-state index in [1.165, 1.54) is 12.5 Å². The lowest BCUT2D eigenvalue weighted by atomic mass is 9.79. The lowest BCUT2D eigenvalue weighted by Crippen LogP contribution is -2.11. The summed E-state index contributed by atoms with van der Waals surface area (Å²) in [5.41, 5.74) is 0.903. The van der Waals surface area contributed by atoms with Crippen LogP contribution >= 0.6 is 0 Å². The van der Waals surface area contributed by atoms with Crippen LogP contribution in [0.1, 0.15) is 41.1 Å². The van der Waals surface area contributed by atoms with Gasteiger partial charge in [-0.1, -0.05) is 18.6 Å². The fraction of sp³-hybridized carbons (Fsp3) is 0.364. The van der Waals surface area contributed by atoms with Crippen molar-refractivity contribution in [2.75, 3.05) is 0 Å². The van der Waals surface area contributed by atoms with Crippen LogP contribution in [0.2, 0.25) is 0 Å². The smallest absolute Gasteiger partial charge is 0.153 e. The minimum absolute atomic E-state index is 0.185. The zero-order valence-electron chi connectivity index (χ0n) is 7.29. The summed E-state index contributed by atoms with van der Waals surface area (Å²) < 4.78 is 13.5. The number of carbonyl (C=O) groups excluding carboxylic acids is 1. The van der Waals surface area contributed by atoms with Crippen LogP contribution in [-0.2, 0) is 0 Å². The lowest BCUT2D eigenvalue weighted by molar-refractivity contribution is 0.111. The monoisotopic (exact) mass is 178 g/mol. The minimum Gasteiger partial charge on any atom is -0.298 e. The molecule has 0 amide bonds. The third-order valence-electron chi connectivity index (χ3n) is 2.73. The summed E-state index contributed by atoms with van der Waals surface area (Å²) in [4.78, 5) is 10.5. The van der Waals surface area contributed by atoms with Gasteiger partial charge in [-0.05, 0) is 30.4 Å². The van der Waals surface area contributed by atoms with Crippen LogP contribution in [0, 0.1) is 5.82 Å². The van der Waals surface area contributed by atoms with Gasteiger partial charge in [-0.25, -0.2) is 4.39 Å². The minimum atomic E-state index is -0.317. The van der Waals surface area contributed by atoms with Crippen LogP contribution < -0.4 is 0 Å². The van der Waals surface area contributed by atoms with Crippen molar-refractivity contribution in [3.05, 3.63) is 35.1 Å². The molecule has 1 saturated carbocycles. The third kappa shape index (κ3) is 1.37. The van der Waals surface area contributed by atoms with Gasteiger partial charge in [0.1, 0.15) is 5.82 Å². The van der Waals surface area contributed by atoms with Crippen LogP contribution in [0.25, 0.3) is 0 Å². The molecule has 0 aliphatic heterocycles. The van der Waals surface area contributed by atoms with Gasteiger partial charge in [-0.3, -0.25) is 4.79 Å². The molecule has 0 saturated heterocycles. The van der Waals surface area contributed by atoms with Crippen molar-refractivity contribution >= 4 is 6.29 Å². The Balaban J connectivity index is 2.39. The molecule has 0 spiro atoms. The van der Waals surface area contributed by atoms with E-state index in [-0.39, 0.29) is 11.4 Å². The molecule has 0 aromatic heterocycles. The Kier molecular flexibility index (Phi) is 2.13. The second-order valence-corrected chi connectivity index (χ2v) is 3.50. The predicted molar refractivity (Wildman–Crippen MR) is 48.4 cm³/mol. The van der Waals surface area contributed by atoms with Gasteiger partial charge in [0.2, 0.25) is 0 Å². The highest BCUT2D eigenvalue weighted by molar-refractivity contribution is 5.75. The standard InChI is InChI=1S/C11H11FO/c12-11-9(7-13)5-2-6-10(11)8-3-1-4-8/h2,5-8H,1,3-4H2. The fourth-order valence-electron chi connectivity index (χ4n) is 1.69. The summed E-state index contributed by atoms with van der Waals surface area (Å²) in [6, 6.07) is 5.05. The number of halogens is 1. The fourth-order valence-corrected chi connectivity index (χ4v) is 1.69. The summed E-state index contributed by atoms with van der Waals surface area (Å²) in [7, 11) is 0. The molecule has 1 aromatic rings. The molecule has 2 rings (SSSR count). The van der Waals surface area contributed by atoms with Crippen LogP contribution in [0.4, 0.5) is 4.39 Å². The van der Waals surface area contributed by atoms with E-state index in [1.54, 1.807) is 12.1 Å². The van der Waals surface area contributed by atoms with E-state index in [4.69, 9.17) is 0 Å². The molecule has 1 aliphatic rings. The van der Waals surface area contributed by atoms with Gasteiger partial charge in [0.25, 0.3) is 0 Å². The van der Waals surface area contributed by atoms with Crippen molar-refractivity contribution in [3.63, 3.8) is 0 Å². The first kappa shape index (κ1) is 8.42. The number of hydrogen-bond donors (Lipinski definition) is 0. The van der Waals surface area contributed by atoms with Crippen molar-refractivity contribution in [2.45, 2.75) is 25.2 Å². The van der Waals surface area contributed by atoms with E-state index < -0.39 is 0 Å². The van der Waals surface area contributed by atoms with E-state index in [0.717, 1.165) is 18.4 Å². The number of benzene rings is 1. The van der Waals surface area contributed by atoms with Crippen molar-refractivity contribution < 1.29 is 9.18 Å². The average molecular weight is 178 g/mol. The van der Waals surface area contributed by atoms with Gasteiger partial charge in [0, 0.05) is 0 Å². The van der Waals surface area contributed by atoms with Crippen LogP contribution in [0.5, 0.6) is 0 Å². The second kappa shape index (κ2) is 3.29. The summed E-state index contributed by atoms with van der Waals surface area (Å²) >= 11 is 0. The zero-order valence-corrected chi connectivity index (χ0v) is 7.29. The molecule has 0 heterocycles. The molecule has 1 nitrogen and oxygen atoms in total. The molecule has 1 aliphatic carbocycles. The first-order valence-corrected chi connectivity index (χ1v) is 4.56. The van der Waals surface area contributed by atoms with Gasteiger partial charge < -0.3 is 0 Å². The molecule has 0 bridgehead atoms. The number of rotatable bonds is 2. The molecule has 1 aromatic carbocycles. The maximum absolute atomic E-state index is 13.5. The van der Waals surface area contributed by atoms with Crippen LogP contribution in [-0.4, -0.2) is 6.29 Å². The van der Waals surface area contributed by atoms with Crippen molar-refractivity contribution in [1.82, 2.24) is 0 Å². The Morgan fingerprint density at radius 3 is 2.69 bits per heavy atom. The van der Waals surface area contributed by atoms with E-state index >= 15 is 0 Å². The molecule has 0 N–H and O–H groups in total. The maximum atomic E-state index is 13.5. The number of carbonyl (C=O) groups is 1. The molecule has 0 unspecified atom stereocenters. The summed E-state index contributed by atoms with van der Waals surface area (Å²) in [5.74, 6) is 0.0297. The predicted octanol–water partition coefficient (Wildman–Crippen LogP) is 2.91. The van der Waals surface area contributed by atoms with Gasteiger partial charge in [-0.15, -0.1) is 0 Å².